The van der Waals surface area contributed by atoms with Gasteiger partial charge in [0.1, 0.15) is 12.1 Å². The zero-order chi connectivity index (χ0) is 19.7. The molecule has 0 aliphatic rings. The van der Waals surface area contributed by atoms with Crippen LogP contribution in [0.2, 0.25) is 0 Å². The van der Waals surface area contributed by atoms with Crippen LogP contribution >= 0.6 is 0 Å². The third kappa shape index (κ3) is 7.45. The smallest absolute Gasteiger partial charge is 0.328 e. The van der Waals surface area contributed by atoms with Crippen LogP contribution in [0.5, 0.6) is 0 Å². The average Bonchev–Trinajstić information content (AvgIpc) is 2.53. The van der Waals surface area contributed by atoms with Crippen LogP contribution in [0.1, 0.15) is 20.8 Å². The predicted octanol–water partition coefficient (Wildman–Crippen LogP) is -3.49. The number of carbonyl (C=O) groups excluding carboxylic acids is 3. The second-order valence-electron chi connectivity index (χ2n) is 5.80. The minimum Gasteiger partial charge on any atom is -0.480 e. The van der Waals surface area contributed by atoms with Gasteiger partial charge in [-0.3, -0.25) is 14.4 Å². The number of carbonyl (C=O) groups is 4. The number of carboxylic acids is 1. The number of hydrogen-bond acceptors (Lipinski definition) is 7. The van der Waals surface area contributed by atoms with E-state index in [-0.39, 0.29) is 12.5 Å². The van der Waals surface area contributed by atoms with Gasteiger partial charge in [-0.05, 0) is 12.8 Å². The fourth-order valence-electron chi connectivity index (χ4n) is 1.87. The van der Waals surface area contributed by atoms with Crippen LogP contribution in [-0.4, -0.2) is 76.4 Å². The standard InChI is InChI=1S/C14H26N4O7/c1-6(2)10(17-9(21)4-15)13(23)16-8(5-19)12(22)18-11(7(3)20)14(24)25/h6-8,10-11,19-20H,4-5,15H2,1-3H3,(H,16,23)(H,17,21)(H,18,22)(H,24,25). The van der Waals surface area contributed by atoms with Crippen molar-refractivity contribution in [2.45, 2.75) is 45.0 Å². The minimum absolute atomic E-state index is 0.324. The molecule has 0 saturated carbocycles. The SMILES string of the molecule is CC(C)C(NC(=O)CN)C(=O)NC(CO)C(=O)NC(C(=O)O)C(C)O. The Kier molecular flexibility index (Phi) is 9.64. The summed E-state index contributed by atoms with van der Waals surface area (Å²) in [5.41, 5.74) is 5.18. The van der Waals surface area contributed by atoms with Gasteiger partial charge in [-0.2, -0.15) is 0 Å². The van der Waals surface area contributed by atoms with Gasteiger partial charge in [0.2, 0.25) is 17.7 Å². The molecule has 0 saturated heterocycles. The lowest BCUT2D eigenvalue weighted by Crippen LogP contribution is -2.59. The van der Waals surface area contributed by atoms with E-state index in [1.807, 2.05) is 5.32 Å². The third-order valence-corrected chi connectivity index (χ3v) is 3.31. The van der Waals surface area contributed by atoms with Crippen LogP contribution < -0.4 is 21.7 Å². The second-order valence-corrected chi connectivity index (χ2v) is 5.80. The van der Waals surface area contributed by atoms with Crippen molar-refractivity contribution >= 4 is 23.7 Å². The molecule has 0 heterocycles. The molecule has 11 nitrogen and oxygen atoms in total. The topological polar surface area (TPSA) is 191 Å². The predicted molar refractivity (Wildman–Crippen MR) is 86.1 cm³/mol. The van der Waals surface area contributed by atoms with Crippen LogP contribution in [0.15, 0.2) is 0 Å². The molecule has 0 aliphatic heterocycles. The Morgan fingerprint density at radius 2 is 1.52 bits per heavy atom. The van der Waals surface area contributed by atoms with E-state index in [9.17, 15) is 29.4 Å². The number of aliphatic hydroxyl groups is 2. The molecule has 0 aliphatic carbocycles. The highest BCUT2D eigenvalue weighted by molar-refractivity contribution is 5.93. The first kappa shape index (κ1) is 22.8. The van der Waals surface area contributed by atoms with Crippen molar-refractivity contribution in [3.8, 4) is 0 Å². The molecule has 11 heteroatoms. The van der Waals surface area contributed by atoms with E-state index in [0.29, 0.717) is 0 Å². The van der Waals surface area contributed by atoms with E-state index in [2.05, 4.69) is 10.6 Å². The Balaban J connectivity index is 5.04. The normalized spacial score (nSPS) is 15.6. The highest BCUT2D eigenvalue weighted by Gasteiger charge is 2.31. The fourth-order valence-corrected chi connectivity index (χ4v) is 1.87. The first-order chi connectivity index (χ1) is 11.5. The fraction of sp³-hybridized carbons (Fsp3) is 0.714. The molecule has 0 spiro atoms. The van der Waals surface area contributed by atoms with E-state index in [0.717, 1.165) is 0 Å². The lowest BCUT2D eigenvalue weighted by molar-refractivity contribution is -0.145. The molecule has 144 valence electrons. The van der Waals surface area contributed by atoms with Gasteiger partial charge >= 0.3 is 5.97 Å². The first-order valence-corrected chi connectivity index (χ1v) is 7.67. The summed E-state index contributed by atoms with van der Waals surface area (Å²) in [6.45, 7) is 3.35. The van der Waals surface area contributed by atoms with Gasteiger partial charge in [0.15, 0.2) is 6.04 Å². The van der Waals surface area contributed by atoms with E-state index >= 15 is 0 Å². The largest absolute Gasteiger partial charge is 0.480 e. The molecule has 8 N–H and O–H groups in total. The molecule has 0 rings (SSSR count). The van der Waals surface area contributed by atoms with E-state index < -0.39 is 54.5 Å². The molecule has 3 amide bonds. The Morgan fingerprint density at radius 1 is 0.960 bits per heavy atom. The molecule has 0 bridgehead atoms. The summed E-state index contributed by atoms with van der Waals surface area (Å²) in [5, 5.41) is 34.2. The Bertz CT molecular complexity index is 496. The van der Waals surface area contributed by atoms with Gasteiger partial charge in [-0.15, -0.1) is 0 Å². The van der Waals surface area contributed by atoms with E-state index in [4.69, 9.17) is 10.8 Å². The van der Waals surface area contributed by atoms with Gasteiger partial charge in [0.05, 0.1) is 19.3 Å². The van der Waals surface area contributed by atoms with Crippen LogP contribution in [0, 0.1) is 5.92 Å². The van der Waals surface area contributed by atoms with Crippen molar-refractivity contribution in [3.05, 3.63) is 0 Å². The lowest BCUT2D eigenvalue weighted by Gasteiger charge is -2.25. The summed E-state index contributed by atoms with van der Waals surface area (Å²) in [6, 6.07) is -4.05. The number of nitrogens with two attached hydrogens (primary N) is 1. The van der Waals surface area contributed by atoms with Crippen molar-refractivity contribution in [2.24, 2.45) is 11.7 Å². The molecule has 4 unspecified atom stereocenters. The van der Waals surface area contributed by atoms with Crippen molar-refractivity contribution in [2.75, 3.05) is 13.2 Å². The molecule has 0 aromatic rings. The molecule has 0 radical (unpaired) electrons. The summed E-state index contributed by atoms with van der Waals surface area (Å²) in [6.07, 6.45) is -1.39. The zero-order valence-electron chi connectivity index (χ0n) is 14.4. The Hall–Kier alpha value is -2.24. The second kappa shape index (κ2) is 10.6. The van der Waals surface area contributed by atoms with Gasteiger partial charge in [-0.1, -0.05) is 13.8 Å². The molecule has 25 heavy (non-hydrogen) atoms. The minimum atomic E-state index is -1.60. The maximum atomic E-state index is 12.2. The van der Waals surface area contributed by atoms with Gasteiger partial charge in [-0.25, -0.2) is 4.79 Å². The van der Waals surface area contributed by atoms with Crippen molar-refractivity contribution < 1.29 is 34.5 Å². The molecule has 0 aromatic heterocycles. The van der Waals surface area contributed by atoms with Crippen molar-refractivity contribution in [1.29, 1.82) is 0 Å². The number of amides is 3. The van der Waals surface area contributed by atoms with Gasteiger partial charge in [0.25, 0.3) is 0 Å². The van der Waals surface area contributed by atoms with Crippen LogP contribution in [0.25, 0.3) is 0 Å². The monoisotopic (exact) mass is 362 g/mol. The molecule has 0 aromatic carbocycles. The van der Waals surface area contributed by atoms with Crippen LogP contribution in [-0.2, 0) is 19.2 Å². The van der Waals surface area contributed by atoms with E-state index in [1.54, 1.807) is 13.8 Å². The number of rotatable bonds is 10. The quantitative estimate of drug-likeness (QED) is 0.208. The molecular weight excluding hydrogens is 336 g/mol. The first-order valence-electron chi connectivity index (χ1n) is 7.67. The van der Waals surface area contributed by atoms with Crippen LogP contribution in [0.4, 0.5) is 0 Å². The highest BCUT2D eigenvalue weighted by Crippen LogP contribution is 2.03. The Labute approximate surface area is 145 Å². The number of carboxylic acid groups (broad SMARTS) is 1. The highest BCUT2D eigenvalue weighted by atomic mass is 16.4. The number of aliphatic carboxylic acids is 1. The number of nitrogens with one attached hydrogen (secondary N) is 3. The number of aliphatic hydroxyl groups excluding tert-OH is 2. The number of hydrogen-bond donors (Lipinski definition) is 7. The summed E-state index contributed by atoms with van der Waals surface area (Å²) in [5.74, 6) is -4.10. The third-order valence-electron chi connectivity index (χ3n) is 3.31. The summed E-state index contributed by atoms with van der Waals surface area (Å²) in [7, 11) is 0. The van der Waals surface area contributed by atoms with Crippen molar-refractivity contribution in [3.63, 3.8) is 0 Å². The van der Waals surface area contributed by atoms with Gasteiger partial charge < -0.3 is 37.0 Å². The zero-order valence-corrected chi connectivity index (χ0v) is 14.4. The van der Waals surface area contributed by atoms with Crippen LogP contribution in [0.3, 0.4) is 0 Å². The average molecular weight is 362 g/mol. The van der Waals surface area contributed by atoms with Crippen molar-refractivity contribution in [1.82, 2.24) is 16.0 Å². The Morgan fingerprint density at radius 3 is 1.88 bits per heavy atom. The van der Waals surface area contributed by atoms with Gasteiger partial charge in [0, 0.05) is 0 Å². The lowest BCUT2D eigenvalue weighted by atomic mass is 10.0. The summed E-state index contributed by atoms with van der Waals surface area (Å²) in [4.78, 5) is 46.6. The summed E-state index contributed by atoms with van der Waals surface area (Å²) >= 11 is 0. The maximum Gasteiger partial charge on any atom is 0.328 e. The maximum absolute atomic E-state index is 12.2. The van der Waals surface area contributed by atoms with E-state index in [1.165, 1.54) is 6.92 Å². The molecular formula is C14H26N4O7. The molecule has 4 atom stereocenters. The summed E-state index contributed by atoms with van der Waals surface area (Å²) < 4.78 is 0. The molecule has 0 fully saturated rings.